The van der Waals surface area contributed by atoms with Crippen LogP contribution in [-0.4, -0.2) is 56.0 Å². The third-order valence-corrected chi connectivity index (χ3v) is 6.58. The van der Waals surface area contributed by atoms with Crippen molar-refractivity contribution in [3.05, 3.63) is 0 Å². The molecule has 0 radical (unpaired) electrons. The Morgan fingerprint density at radius 3 is 2.35 bits per heavy atom. The highest BCUT2D eigenvalue weighted by Crippen LogP contribution is 2.27. The molecule has 1 rings (SSSR count). The molecule has 0 spiro atoms. The van der Waals surface area contributed by atoms with E-state index in [-0.39, 0.29) is 11.3 Å². The van der Waals surface area contributed by atoms with E-state index in [1.54, 1.807) is 6.92 Å². The largest absolute Gasteiger partial charge is 0.311 e. The summed E-state index contributed by atoms with van der Waals surface area (Å²) in [6.45, 7) is 11.0. The lowest BCUT2D eigenvalue weighted by molar-refractivity contribution is 0.0353. The summed E-state index contributed by atoms with van der Waals surface area (Å²) < 4.78 is 23.6. The van der Waals surface area contributed by atoms with Crippen LogP contribution >= 0.6 is 0 Å². The molecule has 1 saturated heterocycles. The Kier molecular flexibility index (Phi) is 6.95. The molecule has 1 aliphatic heterocycles. The van der Waals surface area contributed by atoms with Gasteiger partial charge < -0.3 is 5.32 Å². The van der Waals surface area contributed by atoms with Gasteiger partial charge in [0.15, 0.2) is 9.84 Å². The molecular formula is C15H32N2O2S. The van der Waals surface area contributed by atoms with Gasteiger partial charge in [-0.2, -0.15) is 0 Å². The number of hydrogen-bond donors (Lipinski definition) is 1. The smallest absolute Gasteiger partial charge is 0.151 e. The van der Waals surface area contributed by atoms with Gasteiger partial charge in [0.1, 0.15) is 0 Å². The summed E-state index contributed by atoms with van der Waals surface area (Å²) in [5, 5.41) is 3.66. The summed E-state index contributed by atoms with van der Waals surface area (Å²) >= 11 is 0. The lowest BCUT2D eigenvalue weighted by atomic mass is 9.86. The molecule has 0 aliphatic carbocycles. The molecule has 1 heterocycles. The first kappa shape index (κ1) is 17.9. The third-order valence-electron chi connectivity index (χ3n) is 4.90. The molecule has 0 amide bonds. The van der Waals surface area contributed by atoms with Crippen molar-refractivity contribution in [2.45, 2.75) is 65.0 Å². The second-order valence-electron chi connectivity index (χ2n) is 5.98. The molecule has 0 saturated carbocycles. The Balaban J connectivity index is 2.76. The quantitative estimate of drug-likeness (QED) is 0.746. The summed E-state index contributed by atoms with van der Waals surface area (Å²) in [6, 6.07) is 0.510. The van der Waals surface area contributed by atoms with Crippen LogP contribution in [0.2, 0.25) is 0 Å². The fraction of sp³-hybridized carbons (Fsp3) is 1.00. The van der Waals surface area contributed by atoms with Gasteiger partial charge in [-0.3, -0.25) is 4.90 Å². The molecule has 5 heteroatoms. The van der Waals surface area contributed by atoms with Gasteiger partial charge in [-0.15, -0.1) is 0 Å². The van der Waals surface area contributed by atoms with Crippen molar-refractivity contribution >= 4 is 9.84 Å². The number of rotatable bonds is 8. The molecular weight excluding hydrogens is 272 g/mol. The van der Waals surface area contributed by atoms with Crippen molar-refractivity contribution in [3.8, 4) is 0 Å². The average molecular weight is 305 g/mol. The molecule has 1 atom stereocenters. The van der Waals surface area contributed by atoms with Gasteiger partial charge in [0.05, 0.1) is 5.75 Å². The highest BCUT2D eigenvalue weighted by molar-refractivity contribution is 7.91. The predicted octanol–water partition coefficient (Wildman–Crippen LogP) is 2.05. The maximum absolute atomic E-state index is 11.8. The van der Waals surface area contributed by atoms with Crippen LogP contribution in [0.4, 0.5) is 0 Å². The Morgan fingerprint density at radius 1 is 1.20 bits per heavy atom. The van der Waals surface area contributed by atoms with E-state index < -0.39 is 9.84 Å². The first-order chi connectivity index (χ1) is 9.43. The van der Waals surface area contributed by atoms with E-state index in [9.17, 15) is 8.42 Å². The van der Waals surface area contributed by atoms with E-state index in [1.165, 1.54) is 12.8 Å². The van der Waals surface area contributed by atoms with Crippen LogP contribution in [-0.2, 0) is 9.84 Å². The molecule has 120 valence electrons. The molecule has 4 nitrogen and oxygen atoms in total. The molecule has 20 heavy (non-hydrogen) atoms. The normalized spacial score (nSPS) is 23.9. The zero-order chi connectivity index (χ0) is 15.2. The zero-order valence-electron chi connectivity index (χ0n) is 13.6. The maximum Gasteiger partial charge on any atom is 0.151 e. The standard InChI is InChI=1S/C15H32N2O2S/c1-5-9-14-12-17(10-11-20(18,19)8-4)15(6-2,7-3)13-16-14/h14,16H,5-13H2,1-4H3. The third kappa shape index (κ3) is 4.43. The first-order valence-corrected chi connectivity index (χ1v) is 9.94. The number of nitrogens with zero attached hydrogens (tertiary/aromatic N) is 1. The summed E-state index contributed by atoms with van der Waals surface area (Å²) in [6.07, 6.45) is 4.48. The second-order valence-corrected chi connectivity index (χ2v) is 8.45. The van der Waals surface area contributed by atoms with E-state index in [4.69, 9.17) is 0 Å². The lowest BCUT2D eigenvalue weighted by Gasteiger charge is -2.50. The second kappa shape index (κ2) is 7.76. The van der Waals surface area contributed by atoms with Gasteiger partial charge in [0.25, 0.3) is 0 Å². The van der Waals surface area contributed by atoms with Crippen molar-refractivity contribution in [1.29, 1.82) is 0 Å². The minimum absolute atomic E-state index is 0.132. The molecule has 0 aromatic carbocycles. The topological polar surface area (TPSA) is 49.4 Å². The van der Waals surface area contributed by atoms with Crippen LogP contribution in [0.1, 0.15) is 53.4 Å². The number of nitrogens with one attached hydrogen (secondary N) is 1. The summed E-state index contributed by atoms with van der Waals surface area (Å²) in [5.74, 6) is 0.548. The van der Waals surface area contributed by atoms with Crippen LogP contribution in [0, 0.1) is 0 Å². The Labute approximate surface area is 125 Å². The van der Waals surface area contributed by atoms with Gasteiger partial charge >= 0.3 is 0 Å². The van der Waals surface area contributed by atoms with Gasteiger partial charge in [-0.25, -0.2) is 8.42 Å². The first-order valence-electron chi connectivity index (χ1n) is 8.11. The zero-order valence-corrected chi connectivity index (χ0v) is 14.4. The molecule has 1 unspecified atom stereocenters. The summed E-state index contributed by atoms with van der Waals surface area (Å²) in [7, 11) is -2.88. The van der Waals surface area contributed by atoms with Crippen LogP contribution in [0.3, 0.4) is 0 Å². The SMILES string of the molecule is CCCC1CN(CCS(=O)(=O)CC)C(CC)(CC)CN1. The fourth-order valence-electron chi connectivity index (χ4n) is 3.18. The van der Waals surface area contributed by atoms with E-state index in [2.05, 4.69) is 31.0 Å². The van der Waals surface area contributed by atoms with Crippen molar-refractivity contribution in [2.24, 2.45) is 0 Å². The molecule has 1 N–H and O–H groups in total. The van der Waals surface area contributed by atoms with Crippen LogP contribution < -0.4 is 5.32 Å². The summed E-state index contributed by atoms with van der Waals surface area (Å²) in [4.78, 5) is 2.44. The van der Waals surface area contributed by atoms with E-state index in [0.29, 0.717) is 18.3 Å². The number of hydrogen-bond acceptors (Lipinski definition) is 4. The van der Waals surface area contributed by atoms with E-state index in [0.717, 1.165) is 25.9 Å². The van der Waals surface area contributed by atoms with Crippen LogP contribution in [0.5, 0.6) is 0 Å². The van der Waals surface area contributed by atoms with Gasteiger partial charge in [-0.1, -0.05) is 34.1 Å². The predicted molar refractivity (Wildman–Crippen MR) is 85.9 cm³/mol. The van der Waals surface area contributed by atoms with Gasteiger partial charge in [-0.05, 0) is 19.3 Å². The van der Waals surface area contributed by atoms with Crippen molar-refractivity contribution in [3.63, 3.8) is 0 Å². The van der Waals surface area contributed by atoms with Gasteiger partial charge in [0.2, 0.25) is 0 Å². The highest BCUT2D eigenvalue weighted by Gasteiger charge is 2.38. The van der Waals surface area contributed by atoms with Crippen LogP contribution in [0.25, 0.3) is 0 Å². The minimum atomic E-state index is -2.88. The fourth-order valence-corrected chi connectivity index (χ4v) is 3.97. The van der Waals surface area contributed by atoms with E-state index >= 15 is 0 Å². The number of piperazine rings is 1. The molecule has 0 aromatic rings. The highest BCUT2D eigenvalue weighted by atomic mass is 32.2. The minimum Gasteiger partial charge on any atom is -0.311 e. The Bertz CT molecular complexity index is 377. The van der Waals surface area contributed by atoms with E-state index in [1.807, 2.05) is 0 Å². The molecule has 1 fully saturated rings. The van der Waals surface area contributed by atoms with Crippen molar-refractivity contribution in [2.75, 3.05) is 31.1 Å². The van der Waals surface area contributed by atoms with Gasteiger partial charge in [0, 0.05) is 37.0 Å². The average Bonchev–Trinajstić information content (AvgIpc) is 2.46. The molecule has 1 aliphatic rings. The Hall–Kier alpha value is -0.130. The summed E-state index contributed by atoms with van der Waals surface area (Å²) in [5.41, 5.74) is 0.132. The van der Waals surface area contributed by atoms with Crippen LogP contribution in [0.15, 0.2) is 0 Å². The Morgan fingerprint density at radius 2 is 1.85 bits per heavy atom. The lowest BCUT2D eigenvalue weighted by Crippen LogP contribution is -2.64. The maximum atomic E-state index is 11.8. The van der Waals surface area contributed by atoms with Crippen molar-refractivity contribution in [1.82, 2.24) is 10.2 Å². The number of sulfone groups is 1. The van der Waals surface area contributed by atoms with Crippen molar-refractivity contribution < 1.29 is 8.42 Å². The molecule has 0 bridgehead atoms. The monoisotopic (exact) mass is 304 g/mol. The molecule has 0 aromatic heterocycles.